The maximum Gasteiger partial charge on any atom is 0.0732 e. The Morgan fingerprint density at radius 3 is 2.73 bits per heavy atom. The maximum atomic E-state index is 5.57. The molecule has 0 aliphatic carbocycles. The smallest absolute Gasteiger partial charge is 0.0732 e. The van der Waals surface area contributed by atoms with Gasteiger partial charge in [0.2, 0.25) is 0 Å². The van der Waals surface area contributed by atoms with Crippen molar-refractivity contribution in [3.63, 3.8) is 0 Å². The number of hydrogen-bond acceptors (Lipinski definition) is 3. The first-order valence-electron chi connectivity index (χ1n) is 5.55. The van der Waals surface area contributed by atoms with E-state index in [0.717, 1.165) is 31.8 Å². The van der Waals surface area contributed by atoms with Crippen LogP contribution in [0.3, 0.4) is 0 Å². The summed E-state index contributed by atoms with van der Waals surface area (Å²) < 4.78 is 5.57. The number of pyridine rings is 1. The van der Waals surface area contributed by atoms with E-state index in [-0.39, 0.29) is 0 Å². The summed E-state index contributed by atoms with van der Waals surface area (Å²) in [6.45, 7) is 8.98. The zero-order chi connectivity index (χ0) is 10.9. The van der Waals surface area contributed by atoms with E-state index in [9.17, 15) is 0 Å². The van der Waals surface area contributed by atoms with Gasteiger partial charge < -0.3 is 9.64 Å². The molecule has 0 aliphatic rings. The summed E-state index contributed by atoms with van der Waals surface area (Å²) in [7, 11) is 0. The van der Waals surface area contributed by atoms with Crippen molar-refractivity contribution in [1.29, 1.82) is 0 Å². The Labute approximate surface area is 92.1 Å². The molecule has 0 fully saturated rings. The van der Waals surface area contributed by atoms with Crippen molar-refractivity contribution >= 4 is 0 Å². The van der Waals surface area contributed by atoms with Gasteiger partial charge in [0.1, 0.15) is 0 Å². The van der Waals surface area contributed by atoms with E-state index in [1.54, 1.807) is 6.20 Å². The first-order chi connectivity index (χ1) is 7.36. The van der Waals surface area contributed by atoms with Gasteiger partial charge in [0.15, 0.2) is 0 Å². The van der Waals surface area contributed by atoms with Crippen molar-refractivity contribution in [2.24, 2.45) is 0 Å². The fraction of sp³-hybridized carbons (Fsp3) is 0.583. The minimum Gasteiger partial charge on any atom is -0.375 e. The van der Waals surface area contributed by atoms with Crippen LogP contribution in [-0.2, 0) is 11.3 Å². The van der Waals surface area contributed by atoms with Crippen LogP contribution in [0, 0.1) is 0 Å². The van der Waals surface area contributed by atoms with Gasteiger partial charge in [-0.25, -0.2) is 0 Å². The monoisotopic (exact) mass is 208 g/mol. The highest BCUT2D eigenvalue weighted by Gasteiger charge is 1.98. The van der Waals surface area contributed by atoms with E-state index in [1.165, 1.54) is 0 Å². The van der Waals surface area contributed by atoms with Crippen LogP contribution < -0.4 is 0 Å². The second kappa shape index (κ2) is 7.37. The second-order valence-corrected chi connectivity index (χ2v) is 3.44. The summed E-state index contributed by atoms with van der Waals surface area (Å²) in [5, 5.41) is 0. The van der Waals surface area contributed by atoms with E-state index < -0.39 is 0 Å². The van der Waals surface area contributed by atoms with Gasteiger partial charge in [-0.3, -0.25) is 4.98 Å². The van der Waals surface area contributed by atoms with Gasteiger partial charge in [0, 0.05) is 18.9 Å². The molecule has 0 aliphatic heterocycles. The molecule has 0 bridgehead atoms. The number of aromatic nitrogens is 1. The molecule has 15 heavy (non-hydrogen) atoms. The SMILES string of the molecule is CCN(CC)CCOCc1cccnc1. The molecule has 3 nitrogen and oxygen atoms in total. The number of likely N-dealkylation sites (N-methyl/N-ethyl adjacent to an activating group) is 1. The molecule has 0 unspecified atom stereocenters. The van der Waals surface area contributed by atoms with Crippen LogP contribution in [0.5, 0.6) is 0 Å². The van der Waals surface area contributed by atoms with Crippen LogP contribution in [0.25, 0.3) is 0 Å². The van der Waals surface area contributed by atoms with Crippen LogP contribution in [0.2, 0.25) is 0 Å². The Morgan fingerprint density at radius 2 is 2.13 bits per heavy atom. The molecular weight excluding hydrogens is 188 g/mol. The van der Waals surface area contributed by atoms with E-state index >= 15 is 0 Å². The van der Waals surface area contributed by atoms with Crippen molar-refractivity contribution in [2.75, 3.05) is 26.2 Å². The van der Waals surface area contributed by atoms with E-state index in [4.69, 9.17) is 4.74 Å². The maximum absolute atomic E-state index is 5.57. The quantitative estimate of drug-likeness (QED) is 0.640. The summed E-state index contributed by atoms with van der Waals surface area (Å²) >= 11 is 0. The van der Waals surface area contributed by atoms with Crippen LogP contribution in [0.15, 0.2) is 24.5 Å². The van der Waals surface area contributed by atoms with Crippen LogP contribution >= 0.6 is 0 Å². The minimum atomic E-state index is 0.662. The van der Waals surface area contributed by atoms with E-state index in [2.05, 4.69) is 23.7 Å². The van der Waals surface area contributed by atoms with Gasteiger partial charge >= 0.3 is 0 Å². The Morgan fingerprint density at radius 1 is 1.33 bits per heavy atom. The van der Waals surface area contributed by atoms with Crippen LogP contribution in [0.4, 0.5) is 0 Å². The summed E-state index contributed by atoms with van der Waals surface area (Å²) in [6.07, 6.45) is 3.62. The summed E-state index contributed by atoms with van der Waals surface area (Å²) in [5.41, 5.74) is 1.14. The first kappa shape index (κ1) is 12.1. The van der Waals surface area contributed by atoms with Crippen molar-refractivity contribution in [3.05, 3.63) is 30.1 Å². The van der Waals surface area contributed by atoms with Gasteiger partial charge in [-0.2, -0.15) is 0 Å². The van der Waals surface area contributed by atoms with Gasteiger partial charge in [-0.1, -0.05) is 19.9 Å². The molecule has 0 spiro atoms. The van der Waals surface area contributed by atoms with Crippen molar-refractivity contribution < 1.29 is 4.74 Å². The van der Waals surface area contributed by atoms with Crippen LogP contribution in [0.1, 0.15) is 19.4 Å². The Hall–Kier alpha value is -0.930. The standard InChI is InChI=1S/C12H20N2O/c1-3-14(4-2)8-9-15-11-12-6-5-7-13-10-12/h5-7,10H,3-4,8-9,11H2,1-2H3. The lowest BCUT2D eigenvalue weighted by Crippen LogP contribution is -2.26. The lowest BCUT2D eigenvalue weighted by Gasteiger charge is -2.17. The summed E-state index contributed by atoms with van der Waals surface area (Å²) in [5.74, 6) is 0. The number of hydrogen-bond donors (Lipinski definition) is 0. The van der Waals surface area contributed by atoms with Crippen molar-refractivity contribution in [3.8, 4) is 0 Å². The average molecular weight is 208 g/mol. The molecule has 1 rings (SSSR count). The number of rotatable bonds is 7. The first-order valence-corrected chi connectivity index (χ1v) is 5.55. The molecule has 0 saturated carbocycles. The molecule has 1 aromatic heterocycles. The predicted molar refractivity (Wildman–Crippen MR) is 61.7 cm³/mol. The minimum absolute atomic E-state index is 0.662. The highest BCUT2D eigenvalue weighted by Crippen LogP contribution is 1.98. The lowest BCUT2D eigenvalue weighted by atomic mass is 10.3. The molecule has 0 atom stereocenters. The molecule has 0 N–H and O–H groups in total. The third-order valence-electron chi connectivity index (χ3n) is 2.44. The summed E-state index contributed by atoms with van der Waals surface area (Å²) in [6, 6.07) is 3.97. The third-order valence-corrected chi connectivity index (χ3v) is 2.44. The van der Waals surface area contributed by atoms with E-state index in [0.29, 0.717) is 6.61 Å². The van der Waals surface area contributed by atoms with Gasteiger partial charge in [-0.15, -0.1) is 0 Å². The van der Waals surface area contributed by atoms with Crippen molar-refractivity contribution in [2.45, 2.75) is 20.5 Å². The Balaban J connectivity index is 2.12. The Kier molecular flexibility index (Phi) is 5.97. The third kappa shape index (κ3) is 4.91. The van der Waals surface area contributed by atoms with Crippen molar-refractivity contribution in [1.82, 2.24) is 9.88 Å². The molecule has 1 heterocycles. The Bertz CT molecular complexity index is 247. The fourth-order valence-electron chi connectivity index (χ4n) is 1.41. The van der Waals surface area contributed by atoms with Gasteiger partial charge in [-0.05, 0) is 24.7 Å². The molecular formula is C12H20N2O. The van der Waals surface area contributed by atoms with Gasteiger partial charge in [0.25, 0.3) is 0 Å². The summed E-state index contributed by atoms with van der Waals surface area (Å²) in [4.78, 5) is 6.39. The topological polar surface area (TPSA) is 25.4 Å². The average Bonchev–Trinajstić information content (AvgIpc) is 2.31. The molecule has 0 radical (unpaired) electrons. The second-order valence-electron chi connectivity index (χ2n) is 3.44. The predicted octanol–water partition coefficient (Wildman–Crippen LogP) is 1.94. The molecule has 0 aromatic carbocycles. The fourth-order valence-corrected chi connectivity index (χ4v) is 1.41. The lowest BCUT2D eigenvalue weighted by molar-refractivity contribution is 0.0954. The molecule has 3 heteroatoms. The normalized spacial score (nSPS) is 10.9. The van der Waals surface area contributed by atoms with E-state index in [1.807, 2.05) is 18.3 Å². The molecule has 1 aromatic rings. The number of nitrogens with zero attached hydrogens (tertiary/aromatic N) is 2. The van der Waals surface area contributed by atoms with Gasteiger partial charge in [0.05, 0.1) is 13.2 Å². The zero-order valence-electron chi connectivity index (χ0n) is 9.65. The number of ether oxygens (including phenoxy) is 1. The molecule has 84 valence electrons. The molecule has 0 saturated heterocycles. The molecule has 0 amide bonds. The highest BCUT2D eigenvalue weighted by molar-refractivity contribution is 5.06. The highest BCUT2D eigenvalue weighted by atomic mass is 16.5. The zero-order valence-corrected chi connectivity index (χ0v) is 9.65. The van der Waals surface area contributed by atoms with Crippen LogP contribution in [-0.4, -0.2) is 36.1 Å². The largest absolute Gasteiger partial charge is 0.375 e.